The molecule has 0 aromatic carbocycles. The summed E-state index contributed by atoms with van der Waals surface area (Å²) >= 11 is 0. The summed E-state index contributed by atoms with van der Waals surface area (Å²) in [4.78, 5) is 13.5. The summed E-state index contributed by atoms with van der Waals surface area (Å²) in [5, 5.41) is 8.70. The minimum Gasteiger partial charge on any atom is -0.477 e. The van der Waals surface area contributed by atoms with Gasteiger partial charge in [0.15, 0.2) is 0 Å². The standard InChI is InChI=1S/C8H6F4N2O3/c9-4-1-3(2-13)5(7(15)16)6(14-4)17-8(10,11)12/h1H,2,13H2,(H,15,16). The van der Waals surface area contributed by atoms with Crippen LogP contribution in [0.4, 0.5) is 17.6 Å². The van der Waals surface area contributed by atoms with Crippen molar-refractivity contribution < 1.29 is 32.2 Å². The van der Waals surface area contributed by atoms with Crippen LogP contribution < -0.4 is 10.5 Å². The van der Waals surface area contributed by atoms with Crippen LogP contribution >= 0.6 is 0 Å². The van der Waals surface area contributed by atoms with E-state index in [1.54, 1.807) is 0 Å². The van der Waals surface area contributed by atoms with E-state index in [9.17, 15) is 22.4 Å². The van der Waals surface area contributed by atoms with E-state index in [1.807, 2.05) is 0 Å². The molecule has 0 unspecified atom stereocenters. The lowest BCUT2D eigenvalue weighted by atomic mass is 10.1. The summed E-state index contributed by atoms with van der Waals surface area (Å²) in [5.41, 5.74) is 3.84. The first kappa shape index (κ1) is 13.2. The molecule has 0 amide bonds. The molecule has 1 aromatic rings. The average Bonchev–Trinajstić information content (AvgIpc) is 2.12. The Labute approximate surface area is 91.8 Å². The topological polar surface area (TPSA) is 85.4 Å². The molecule has 3 N–H and O–H groups in total. The van der Waals surface area contributed by atoms with Gasteiger partial charge in [0, 0.05) is 6.54 Å². The molecule has 0 aliphatic rings. The van der Waals surface area contributed by atoms with Gasteiger partial charge in [-0.2, -0.15) is 9.37 Å². The Morgan fingerprint density at radius 1 is 1.53 bits per heavy atom. The number of carbonyl (C=O) groups is 1. The quantitative estimate of drug-likeness (QED) is 0.626. The van der Waals surface area contributed by atoms with E-state index < -0.39 is 36.3 Å². The number of ether oxygens (including phenoxy) is 1. The molecule has 0 aliphatic heterocycles. The number of pyridine rings is 1. The van der Waals surface area contributed by atoms with E-state index in [-0.39, 0.29) is 5.56 Å². The van der Waals surface area contributed by atoms with Crippen LogP contribution in [0.5, 0.6) is 5.88 Å². The molecule has 0 atom stereocenters. The van der Waals surface area contributed by atoms with Gasteiger partial charge in [0.1, 0.15) is 5.56 Å². The zero-order valence-corrected chi connectivity index (χ0v) is 8.08. The van der Waals surface area contributed by atoms with E-state index in [0.717, 1.165) is 0 Å². The number of halogens is 4. The van der Waals surface area contributed by atoms with Crippen molar-refractivity contribution in [2.45, 2.75) is 12.9 Å². The first-order chi connectivity index (χ1) is 7.74. The molecule has 0 fully saturated rings. The highest BCUT2D eigenvalue weighted by Crippen LogP contribution is 2.27. The van der Waals surface area contributed by atoms with Gasteiger partial charge in [-0.05, 0) is 11.6 Å². The fourth-order valence-electron chi connectivity index (χ4n) is 1.11. The Morgan fingerprint density at radius 2 is 2.12 bits per heavy atom. The maximum atomic E-state index is 12.8. The number of rotatable bonds is 3. The van der Waals surface area contributed by atoms with Gasteiger partial charge < -0.3 is 15.6 Å². The Morgan fingerprint density at radius 3 is 2.53 bits per heavy atom. The molecule has 0 saturated carbocycles. The van der Waals surface area contributed by atoms with Crippen LogP contribution in [0.25, 0.3) is 0 Å². The third kappa shape index (κ3) is 3.28. The van der Waals surface area contributed by atoms with E-state index in [4.69, 9.17) is 10.8 Å². The lowest BCUT2D eigenvalue weighted by molar-refractivity contribution is -0.276. The average molecular weight is 254 g/mol. The number of alkyl halides is 3. The van der Waals surface area contributed by atoms with Crippen molar-refractivity contribution >= 4 is 5.97 Å². The first-order valence-corrected chi connectivity index (χ1v) is 4.13. The molecular formula is C8H6F4N2O3. The monoisotopic (exact) mass is 254 g/mol. The summed E-state index contributed by atoms with van der Waals surface area (Å²) < 4.78 is 52.0. The van der Waals surface area contributed by atoms with Gasteiger partial charge in [0.25, 0.3) is 0 Å². The van der Waals surface area contributed by atoms with Gasteiger partial charge >= 0.3 is 12.3 Å². The van der Waals surface area contributed by atoms with E-state index in [1.165, 1.54) is 0 Å². The number of nitrogens with two attached hydrogens (primary N) is 1. The van der Waals surface area contributed by atoms with Crippen LogP contribution in [0.15, 0.2) is 6.07 Å². The largest absolute Gasteiger partial charge is 0.574 e. The Bertz CT molecular complexity index is 447. The maximum Gasteiger partial charge on any atom is 0.574 e. The maximum absolute atomic E-state index is 12.8. The summed E-state index contributed by atoms with van der Waals surface area (Å²) in [6, 6.07) is 0.632. The molecule has 17 heavy (non-hydrogen) atoms. The number of hydrogen-bond acceptors (Lipinski definition) is 4. The van der Waals surface area contributed by atoms with E-state index in [2.05, 4.69) is 9.72 Å². The Kier molecular flexibility index (Phi) is 3.51. The van der Waals surface area contributed by atoms with Gasteiger partial charge in [0.05, 0.1) is 0 Å². The number of aromatic carboxylic acids is 1. The van der Waals surface area contributed by atoms with Crippen LogP contribution in [0.1, 0.15) is 15.9 Å². The molecule has 1 aromatic heterocycles. The zero-order valence-electron chi connectivity index (χ0n) is 8.08. The zero-order chi connectivity index (χ0) is 13.2. The van der Waals surface area contributed by atoms with Crippen LogP contribution in [0, 0.1) is 5.95 Å². The van der Waals surface area contributed by atoms with Crippen molar-refractivity contribution in [1.29, 1.82) is 0 Å². The second-order valence-electron chi connectivity index (χ2n) is 2.84. The fourth-order valence-corrected chi connectivity index (χ4v) is 1.11. The summed E-state index contributed by atoms with van der Waals surface area (Å²) in [5.74, 6) is -4.42. The minimum absolute atomic E-state index is 0.343. The molecule has 0 spiro atoms. The van der Waals surface area contributed by atoms with Gasteiger partial charge in [-0.1, -0.05) is 0 Å². The second kappa shape index (κ2) is 4.53. The summed E-state index contributed by atoms with van der Waals surface area (Å²) in [6.07, 6.45) is -5.17. The third-order valence-electron chi connectivity index (χ3n) is 1.68. The Balaban J connectivity index is 3.35. The van der Waals surface area contributed by atoms with Gasteiger partial charge in [0.2, 0.25) is 11.8 Å². The molecule has 0 saturated heterocycles. The van der Waals surface area contributed by atoms with Crippen LogP contribution in [-0.4, -0.2) is 22.4 Å². The van der Waals surface area contributed by atoms with Crippen molar-refractivity contribution in [2.75, 3.05) is 0 Å². The van der Waals surface area contributed by atoms with E-state index in [0.29, 0.717) is 6.07 Å². The third-order valence-corrected chi connectivity index (χ3v) is 1.68. The highest BCUT2D eigenvalue weighted by molar-refractivity contribution is 5.91. The second-order valence-corrected chi connectivity index (χ2v) is 2.84. The fraction of sp³-hybridized carbons (Fsp3) is 0.250. The van der Waals surface area contributed by atoms with Gasteiger partial charge in [-0.15, -0.1) is 13.2 Å². The predicted molar refractivity (Wildman–Crippen MR) is 45.7 cm³/mol. The number of nitrogens with zero attached hydrogens (tertiary/aromatic N) is 1. The lowest BCUT2D eigenvalue weighted by Crippen LogP contribution is -2.21. The lowest BCUT2D eigenvalue weighted by Gasteiger charge is -2.12. The summed E-state index contributed by atoms with van der Waals surface area (Å²) in [7, 11) is 0. The predicted octanol–water partition coefficient (Wildman–Crippen LogP) is 1.28. The molecule has 0 radical (unpaired) electrons. The highest BCUT2D eigenvalue weighted by Gasteiger charge is 2.35. The molecule has 0 bridgehead atoms. The molecule has 1 rings (SSSR count). The summed E-state index contributed by atoms with van der Waals surface area (Å²) in [6.45, 7) is -0.463. The number of aromatic nitrogens is 1. The van der Waals surface area contributed by atoms with Crippen LogP contribution in [-0.2, 0) is 6.54 Å². The van der Waals surface area contributed by atoms with Crippen molar-refractivity contribution in [3.05, 3.63) is 23.1 Å². The molecular weight excluding hydrogens is 248 g/mol. The van der Waals surface area contributed by atoms with Gasteiger partial charge in [-0.3, -0.25) is 0 Å². The van der Waals surface area contributed by atoms with Crippen molar-refractivity contribution in [1.82, 2.24) is 4.98 Å². The number of carboxylic acid groups (broad SMARTS) is 1. The smallest absolute Gasteiger partial charge is 0.477 e. The first-order valence-electron chi connectivity index (χ1n) is 4.13. The van der Waals surface area contributed by atoms with Crippen molar-refractivity contribution in [3.8, 4) is 5.88 Å². The molecule has 5 nitrogen and oxygen atoms in total. The molecule has 9 heteroatoms. The highest BCUT2D eigenvalue weighted by atomic mass is 19.4. The molecule has 1 heterocycles. The van der Waals surface area contributed by atoms with Gasteiger partial charge in [-0.25, -0.2) is 4.79 Å². The van der Waals surface area contributed by atoms with Crippen LogP contribution in [0.2, 0.25) is 0 Å². The van der Waals surface area contributed by atoms with Crippen LogP contribution in [0.3, 0.4) is 0 Å². The van der Waals surface area contributed by atoms with Crippen molar-refractivity contribution in [2.24, 2.45) is 5.73 Å². The molecule has 94 valence electrons. The number of carboxylic acids is 1. The SMILES string of the molecule is NCc1cc(F)nc(OC(F)(F)F)c1C(=O)O. The number of hydrogen-bond donors (Lipinski definition) is 2. The Hall–Kier alpha value is -1.90. The minimum atomic E-state index is -5.17. The van der Waals surface area contributed by atoms with E-state index >= 15 is 0 Å². The molecule has 0 aliphatic carbocycles. The normalized spacial score (nSPS) is 11.4. The van der Waals surface area contributed by atoms with Crippen molar-refractivity contribution in [3.63, 3.8) is 0 Å².